The molecule has 2 atom stereocenters. The molecule has 1 saturated heterocycles. The molecular formula is C20H25NO. The van der Waals surface area contributed by atoms with E-state index in [4.69, 9.17) is 0 Å². The molecular weight excluding hydrogens is 270 g/mol. The SMILES string of the molecule is OC(Cc1ccccc1)C(c1ccccc1)N1CCCCC1. The zero-order valence-electron chi connectivity index (χ0n) is 13.1. The zero-order valence-corrected chi connectivity index (χ0v) is 13.1. The molecule has 3 rings (SSSR count). The average Bonchev–Trinajstić information content (AvgIpc) is 2.58. The van der Waals surface area contributed by atoms with Crippen LogP contribution in [0.25, 0.3) is 0 Å². The predicted octanol–water partition coefficient (Wildman–Crippen LogP) is 3.82. The van der Waals surface area contributed by atoms with Gasteiger partial charge in [0.2, 0.25) is 0 Å². The van der Waals surface area contributed by atoms with E-state index < -0.39 is 0 Å². The highest BCUT2D eigenvalue weighted by Crippen LogP contribution is 2.29. The molecule has 0 radical (unpaired) electrons. The number of benzene rings is 2. The second-order valence-corrected chi connectivity index (χ2v) is 6.21. The van der Waals surface area contributed by atoms with Crippen LogP contribution in [-0.4, -0.2) is 29.2 Å². The maximum atomic E-state index is 10.9. The summed E-state index contributed by atoms with van der Waals surface area (Å²) in [4.78, 5) is 2.46. The molecule has 0 aliphatic carbocycles. The van der Waals surface area contributed by atoms with Crippen LogP contribution >= 0.6 is 0 Å². The van der Waals surface area contributed by atoms with Crippen LogP contribution in [0.2, 0.25) is 0 Å². The molecule has 0 aromatic heterocycles. The van der Waals surface area contributed by atoms with Gasteiger partial charge in [-0.3, -0.25) is 4.90 Å². The van der Waals surface area contributed by atoms with Gasteiger partial charge in [0, 0.05) is 6.42 Å². The van der Waals surface area contributed by atoms with Crippen LogP contribution in [0.5, 0.6) is 0 Å². The van der Waals surface area contributed by atoms with E-state index in [1.807, 2.05) is 24.3 Å². The van der Waals surface area contributed by atoms with Crippen LogP contribution in [0.15, 0.2) is 60.7 Å². The van der Waals surface area contributed by atoms with Crippen molar-refractivity contribution < 1.29 is 5.11 Å². The molecule has 22 heavy (non-hydrogen) atoms. The summed E-state index contributed by atoms with van der Waals surface area (Å²) >= 11 is 0. The van der Waals surface area contributed by atoms with Crippen LogP contribution in [0.3, 0.4) is 0 Å². The molecule has 0 saturated carbocycles. The van der Waals surface area contributed by atoms with Crippen molar-refractivity contribution in [1.29, 1.82) is 0 Å². The van der Waals surface area contributed by atoms with Gasteiger partial charge in [-0.2, -0.15) is 0 Å². The maximum absolute atomic E-state index is 10.9. The predicted molar refractivity (Wildman–Crippen MR) is 90.8 cm³/mol. The minimum absolute atomic E-state index is 0.0988. The first-order chi connectivity index (χ1) is 10.8. The van der Waals surface area contributed by atoms with Crippen molar-refractivity contribution in [2.24, 2.45) is 0 Å². The molecule has 1 fully saturated rings. The van der Waals surface area contributed by atoms with Gasteiger partial charge in [0.25, 0.3) is 0 Å². The first-order valence-corrected chi connectivity index (χ1v) is 8.35. The van der Waals surface area contributed by atoms with Gasteiger partial charge in [-0.05, 0) is 37.1 Å². The Balaban J connectivity index is 1.81. The number of hydrogen-bond acceptors (Lipinski definition) is 2. The Morgan fingerprint density at radius 1 is 0.818 bits per heavy atom. The van der Waals surface area contributed by atoms with Crippen molar-refractivity contribution in [2.45, 2.75) is 37.8 Å². The highest BCUT2D eigenvalue weighted by molar-refractivity contribution is 5.23. The number of piperidine rings is 1. The van der Waals surface area contributed by atoms with Gasteiger partial charge < -0.3 is 5.11 Å². The van der Waals surface area contributed by atoms with Gasteiger partial charge >= 0.3 is 0 Å². The average molecular weight is 295 g/mol. The summed E-state index contributed by atoms with van der Waals surface area (Å²) in [6.07, 6.45) is 4.12. The Morgan fingerprint density at radius 3 is 2.05 bits per heavy atom. The summed E-state index contributed by atoms with van der Waals surface area (Å²) in [5, 5.41) is 10.9. The lowest BCUT2D eigenvalue weighted by atomic mass is 9.93. The van der Waals surface area contributed by atoms with Gasteiger partial charge in [-0.15, -0.1) is 0 Å². The molecule has 2 aromatic carbocycles. The lowest BCUT2D eigenvalue weighted by molar-refractivity contribution is 0.0375. The molecule has 0 spiro atoms. The third kappa shape index (κ3) is 3.76. The summed E-state index contributed by atoms with van der Waals surface area (Å²) < 4.78 is 0. The van der Waals surface area contributed by atoms with Crippen molar-refractivity contribution in [1.82, 2.24) is 4.90 Å². The summed E-state index contributed by atoms with van der Waals surface area (Å²) in [6.45, 7) is 2.18. The number of hydrogen-bond donors (Lipinski definition) is 1. The molecule has 2 nitrogen and oxygen atoms in total. The van der Waals surface area contributed by atoms with Crippen molar-refractivity contribution in [2.75, 3.05) is 13.1 Å². The Labute approximate surface area is 133 Å². The standard InChI is InChI=1S/C20H25NO/c22-19(16-17-10-4-1-5-11-17)20(18-12-6-2-7-13-18)21-14-8-3-9-15-21/h1-2,4-7,10-13,19-20,22H,3,8-9,14-16H2. The van der Waals surface area contributed by atoms with Gasteiger partial charge in [0.15, 0.2) is 0 Å². The summed E-state index contributed by atoms with van der Waals surface area (Å²) in [5.74, 6) is 0. The van der Waals surface area contributed by atoms with Crippen molar-refractivity contribution in [3.8, 4) is 0 Å². The van der Waals surface area contributed by atoms with E-state index in [0.29, 0.717) is 6.42 Å². The number of nitrogens with zero attached hydrogens (tertiary/aromatic N) is 1. The molecule has 1 N–H and O–H groups in total. The summed E-state index contributed by atoms with van der Waals surface area (Å²) in [7, 11) is 0. The van der Waals surface area contributed by atoms with Crippen LogP contribution < -0.4 is 0 Å². The van der Waals surface area contributed by atoms with E-state index in [2.05, 4.69) is 41.3 Å². The Kier molecular flexibility index (Phi) is 5.25. The van der Waals surface area contributed by atoms with E-state index in [1.165, 1.54) is 30.4 Å². The van der Waals surface area contributed by atoms with Crippen LogP contribution in [0.1, 0.15) is 36.4 Å². The number of rotatable bonds is 5. The topological polar surface area (TPSA) is 23.5 Å². The molecule has 2 heteroatoms. The fourth-order valence-electron chi connectivity index (χ4n) is 3.49. The fourth-order valence-corrected chi connectivity index (χ4v) is 3.49. The maximum Gasteiger partial charge on any atom is 0.0777 e. The molecule has 0 amide bonds. The second kappa shape index (κ2) is 7.57. The van der Waals surface area contributed by atoms with Gasteiger partial charge in [-0.25, -0.2) is 0 Å². The first kappa shape index (κ1) is 15.3. The summed E-state index contributed by atoms with van der Waals surface area (Å²) in [6, 6.07) is 20.9. The minimum Gasteiger partial charge on any atom is -0.391 e. The largest absolute Gasteiger partial charge is 0.391 e. The molecule has 0 bridgehead atoms. The molecule has 1 aliphatic heterocycles. The Bertz CT molecular complexity index is 548. The summed E-state index contributed by atoms with van der Waals surface area (Å²) in [5.41, 5.74) is 2.43. The molecule has 2 unspecified atom stereocenters. The van der Waals surface area contributed by atoms with Crippen LogP contribution in [-0.2, 0) is 6.42 Å². The quantitative estimate of drug-likeness (QED) is 0.906. The normalized spacial score (nSPS) is 18.8. The van der Waals surface area contributed by atoms with Crippen LogP contribution in [0, 0.1) is 0 Å². The Morgan fingerprint density at radius 2 is 1.41 bits per heavy atom. The number of aliphatic hydroxyl groups is 1. The van der Waals surface area contributed by atoms with E-state index in [-0.39, 0.29) is 12.1 Å². The van der Waals surface area contributed by atoms with E-state index >= 15 is 0 Å². The van der Waals surface area contributed by atoms with E-state index in [9.17, 15) is 5.11 Å². The number of aliphatic hydroxyl groups excluding tert-OH is 1. The minimum atomic E-state index is -0.372. The lowest BCUT2D eigenvalue weighted by Crippen LogP contribution is -2.40. The van der Waals surface area contributed by atoms with E-state index in [1.54, 1.807) is 0 Å². The highest BCUT2D eigenvalue weighted by Gasteiger charge is 2.28. The number of likely N-dealkylation sites (tertiary alicyclic amines) is 1. The smallest absolute Gasteiger partial charge is 0.0777 e. The third-order valence-corrected chi connectivity index (χ3v) is 4.58. The van der Waals surface area contributed by atoms with Gasteiger partial charge in [0.1, 0.15) is 0 Å². The fraction of sp³-hybridized carbons (Fsp3) is 0.400. The third-order valence-electron chi connectivity index (χ3n) is 4.58. The molecule has 1 heterocycles. The lowest BCUT2D eigenvalue weighted by Gasteiger charge is -2.37. The zero-order chi connectivity index (χ0) is 15.2. The van der Waals surface area contributed by atoms with E-state index in [0.717, 1.165) is 13.1 Å². The van der Waals surface area contributed by atoms with Crippen LogP contribution in [0.4, 0.5) is 0 Å². The first-order valence-electron chi connectivity index (χ1n) is 8.35. The van der Waals surface area contributed by atoms with Crippen molar-refractivity contribution in [3.05, 3.63) is 71.8 Å². The molecule has 1 aliphatic rings. The van der Waals surface area contributed by atoms with Crippen molar-refractivity contribution in [3.63, 3.8) is 0 Å². The monoisotopic (exact) mass is 295 g/mol. The molecule has 116 valence electrons. The van der Waals surface area contributed by atoms with Gasteiger partial charge in [-0.1, -0.05) is 67.1 Å². The van der Waals surface area contributed by atoms with Crippen molar-refractivity contribution >= 4 is 0 Å². The Hall–Kier alpha value is -1.64. The second-order valence-electron chi connectivity index (χ2n) is 6.21. The molecule has 2 aromatic rings. The van der Waals surface area contributed by atoms with Gasteiger partial charge in [0.05, 0.1) is 12.1 Å². The highest BCUT2D eigenvalue weighted by atomic mass is 16.3.